The van der Waals surface area contributed by atoms with Crippen molar-refractivity contribution in [2.45, 2.75) is 12.6 Å². The molecule has 2 N–H and O–H groups in total. The molecule has 0 aliphatic heterocycles. The molecule has 0 saturated carbocycles. The zero-order chi connectivity index (χ0) is 18.7. The van der Waals surface area contributed by atoms with Gasteiger partial charge in [-0.25, -0.2) is 4.39 Å². The minimum absolute atomic E-state index is 0.343. The lowest BCUT2D eigenvalue weighted by Gasteiger charge is -2.26. The first-order chi connectivity index (χ1) is 12.5. The molecule has 0 fully saturated rings. The van der Waals surface area contributed by atoms with Gasteiger partial charge in [0.05, 0.1) is 7.11 Å². The lowest BCUT2D eigenvalue weighted by Crippen LogP contribution is -2.35. The number of methoxy groups -OCH3 is 1. The van der Waals surface area contributed by atoms with Crippen molar-refractivity contribution >= 4 is 16.7 Å². The lowest BCUT2D eigenvalue weighted by atomic mass is 10.0. The highest BCUT2D eigenvalue weighted by Crippen LogP contribution is 2.25. The summed E-state index contributed by atoms with van der Waals surface area (Å²) in [6.45, 7) is 0.535. The number of carbonyl (C=O) groups is 1. The van der Waals surface area contributed by atoms with Crippen LogP contribution < -0.4 is 10.5 Å². The Bertz CT molecular complexity index is 925. The predicted molar refractivity (Wildman–Crippen MR) is 100 cm³/mol. The molecule has 0 spiro atoms. The Morgan fingerprint density at radius 2 is 1.73 bits per heavy atom. The second-order valence-electron chi connectivity index (χ2n) is 6.32. The van der Waals surface area contributed by atoms with Gasteiger partial charge in [-0.1, -0.05) is 30.3 Å². The fourth-order valence-electron chi connectivity index (χ4n) is 3.16. The number of primary amides is 1. The summed E-state index contributed by atoms with van der Waals surface area (Å²) in [4.78, 5) is 13.8. The van der Waals surface area contributed by atoms with Gasteiger partial charge in [0.25, 0.3) is 0 Å². The van der Waals surface area contributed by atoms with Gasteiger partial charge < -0.3 is 10.5 Å². The van der Waals surface area contributed by atoms with Crippen LogP contribution in [0.1, 0.15) is 17.2 Å². The number of fused-ring (bicyclic) bond motifs is 1. The Hall–Kier alpha value is -2.92. The third-order valence-corrected chi connectivity index (χ3v) is 4.44. The van der Waals surface area contributed by atoms with E-state index in [1.165, 1.54) is 12.1 Å². The average Bonchev–Trinajstić information content (AvgIpc) is 2.62. The Kier molecular flexibility index (Phi) is 5.19. The number of carbonyl (C=O) groups excluding carboxylic acids is 1. The maximum absolute atomic E-state index is 13.2. The first kappa shape index (κ1) is 17.9. The minimum atomic E-state index is -0.623. The van der Waals surface area contributed by atoms with E-state index < -0.39 is 11.9 Å². The van der Waals surface area contributed by atoms with Crippen LogP contribution in [0.25, 0.3) is 10.8 Å². The topological polar surface area (TPSA) is 55.6 Å². The first-order valence-corrected chi connectivity index (χ1v) is 8.29. The van der Waals surface area contributed by atoms with Crippen molar-refractivity contribution in [3.63, 3.8) is 0 Å². The highest BCUT2D eigenvalue weighted by atomic mass is 19.1. The summed E-state index contributed by atoms with van der Waals surface area (Å²) in [6, 6.07) is 17.2. The monoisotopic (exact) mass is 352 g/mol. The number of hydrogen-bond donors (Lipinski definition) is 1. The van der Waals surface area contributed by atoms with Crippen molar-refractivity contribution in [1.29, 1.82) is 0 Å². The van der Waals surface area contributed by atoms with Crippen LogP contribution >= 0.6 is 0 Å². The molecule has 4 nitrogen and oxygen atoms in total. The third kappa shape index (κ3) is 3.83. The molecule has 0 heterocycles. The van der Waals surface area contributed by atoms with Crippen LogP contribution in [0.15, 0.2) is 60.7 Å². The van der Waals surface area contributed by atoms with E-state index in [1.807, 2.05) is 42.3 Å². The molecule has 0 radical (unpaired) electrons. The quantitative estimate of drug-likeness (QED) is 0.737. The molecule has 1 amide bonds. The van der Waals surface area contributed by atoms with Gasteiger partial charge in [0.15, 0.2) is 0 Å². The number of nitrogens with zero attached hydrogens (tertiary/aromatic N) is 1. The number of nitrogens with two attached hydrogens (primary N) is 1. The highest BCUT2D eigenvalue weighted by molar-refractivity contribution is 5.84. The van der Waals surface area contributed by atoms with Crippen molar-refractivity contribution in [2.24, 2.45) is 5.73 Å². The molecule has 134 valence electrons. The maximum atomic E-state index is 13.2. The van der Waals surface area contributed by atoms with Crippen LogP contribution in [0.2, 0.25) is 0 Å². The van der Waals surface area contributed by atoms with Gasteiger partial charge in [0.1, 0.15) is 17.6 Å². The predicted octanol–water partition coefficient (Wildman–Crippen LogP) is 3.65. The number of hydrogen-bond acceptors (Lipinski definition) is 3. The Labute approximate surface area is 152 Å². The lowest BCUT2D eigenvalue weighted by molar-refractivity contribution is -0.123. The van der Waals surface area contributed by atoms with Gasteiger partial charge in [0.2, 0.25) is 5.91 Å². The van der Waals surface area contributed by atoms with Crippen molar-refractivity contribution in [1.82, 2.24) is 4.90 Å². The number of likely N-dealkylation sites (N-methyl/N-ethyl adjacent to an activating group) is 1. The summed E-state index contributed by atoms with van der Waals surface area (Å²) in [5.74, 6) is 0.00156. The summed E-state index contributed by atoms with van der Waals surface area (Å²) < 4.78 is 18.4. The van der Waals surface area contributed by atoms with Crippen LogP contribution in [0.5, 0.6) is 5.75 Å². The van der Waals surface area contributed by atoms with E-state index in [0.717, 1.165) is 22.1 Å². The van der Waals surface area contributed by atoms with Gasteiger partial charge in [-0.3, -0.25) is 9.69 Å². The maximum Gasteiger partial charge on any atom is 0.239 e. The fraction of sp³-hybridized carbons (Fsp3) is 0.190. The largest absolute Gasteiger partial charge is 0.497 e. The van der Waals surface area contributed by atoms with Crippen molar-refractivity contribution < 1.29 is 13.9 Å². The summed E-state index contributed by atoms with van der Waals surface area (Å²) in [6.07, 6.45) is 0. The standard InChI is InChI=1S/C21H21FN2O2/c1-24(20(21(23)25)15-5-8-18(22)9-6-15)13-14-3-4-17-12-19(26-2)10-7-16(17)11-14/h3-12,20H,13H2,1-2H3,(H2,23,25)/t20-/m0/s1. The van der Waals surface area contributed by atoms with Gasteiger partial charge in [-0.05, 0) is 59.3 Å². The number of rotatable bonds is 6. The Morgan fingerprint density at radius 1 is 1.08 bits per heavy atom. The second-order valence-corrected chi connectivity index (χ2v) is 6.32. The molecular formula is C21H21FN2O2. The molecule has 3 aromatic rings. The number of halogens is 1. The SMILES string of the molecule is COc1ccc2cc(CN(C)[C@H](C(N)=O)c3ccc(F)cc3)ccc2c1. The zero-order valence-corrected chi connectivity index (χ0v) is 14.8. The number of ether oxygens (including phenoxy) is 1. The smallest absolute Gasteiger partial charge is 0.239 e. The molecule has 3 aromatic carbocycles. The summed E-state index contributed by atoms with van der Waals surface area (Å²) >= 11 is 0. The van der Waals surface area contributed by atoms with Gasteiger partial charge in [-0.2, -0.15) is 0 Å². The van der Waals surface area contributed by atoms with Crippen LogP contribution in [0.3, 0.4) is 0 Å². The minimum Gasteiger partial charge on any atom is -0.497 e. The molecule has 1 atom stereocenters. The number of benzene rings is 3. The van der Waals surface area contributed by atoms with Crippen LogP contribution in [-0.4, -0.2) is 25.0 Å². The molecule has 0 aromatic heterocycles. The van der Waals surface area contributed by atoms with Gasteiger partial charge >= 0.3 is 0 Å². The first-order valence-electron chi connectivity index (χ1n) is 8.29. The molecule has 26 heavy (non-hydrogen) atoms. The summed E-state index contributed by atoms with van der Waals surface area (Å²) in [5.41, 5.74) is 7.32. The summed E-state index contributed by atoms with van der Waals surface area (Å²) in [5, 5.41) is 2.18. The fourth-order valence-corrected chi connectivity index (χ4v) is 3.16. The molecule has 0 aliphatic carbocycles. The molecule has 3 rings (SSSR count). The van der Waals surface area contributed by atoms with Crippen LogP contribution in [0.4, 0.5) is 4.39 Å². The highest BCUT2D eigenvalue weighted by Gasteiger charge is 2.23. The van der Waals surface area contributed by atoms with Gasteiger partial charge in [0, 0.05) is 6.54 Å². The van der Waals surface area contributed by atoms with Crippen molar-refractivity contribution in [2.75, 3.05) is 14.2 Å². The van der Waals surface area contributed by atoms with Crippen molar-refractivity contribution in [3.8, 4) is 5.75 Å². The van der Waals surface area contributed by atoms with E-state index in [-0.39, 0.29) is 5.82 Å². The van der Waals surface area contributed by atoms with Gasteiger partial charge in [-0.15, -0.1) is 0 Å². The average molecular weight is 352 g/mol. The van der Waals surface area contributed by atoms with E-state index in [4.69, 9.17) is 10.5 Å². The molecule has 5 heteroatoms. The number of amides is 1. The third-order valence-electron chi connectivity index (χ3n) is 4.44. The Morgan fingerprint density at radius 3 is 2.38 bits per heavy atom. The Balaban J connectivity index is 1.84. The summed E-state index contributed by atoms with van der Waals surface area (Å²) in [7, 11) is 3.47. The van der Waals surface area contributed by atoms with E-state index in [0.29, 0.717) is 12.1 Å². The van der Waals surface area contributed by atoms with Crippen molar-refractivity contribution in [3.05, 3.63) is 77.6 Å². The zero-order valence-electron chi connectivity index (χ0n) is 14.8. The second kappa shape index (κ2) is 7.54. The normalized spacial score (nSPS) is 12.3. The van der Waals surface area contributed by atoms with E-state index in [2.05, 4.69) is 6.07 Å². The molecule has 0 aliphatic rings. The van der Waals surface area contributed by atoms with Crippen LogP contribution in [0, 0.1) is 5.82 Å². The molecule has 0 unspecified atom stereocenters. The van der Waals surface area contributed by atoms with E-state index in [1.54, 1.807) is 19.2 Å². The van der Waals surface area contributed by atoms with E-state index >= 15 is 0 Å². The molecule has 0 saturated heterocycles. The molecular weight excluding hydrogens is 331 g/mol. The van der Waals surface area contributed by atoms with Crippen LogP contribution in [-0.2, 0) is 11.3 Å². The molecule has 0 bridgehead atoms. The van der Waals surface area contributed by atoms with E-state index in [9.17, 15) is 9.18 Å².